The van der Waals surface area contributed by atoms with Gasteiger partial charge in [-0.25, -0.2) is 4.98 Å². The summed E-state index contributed by atoms with van der Waals surface area (Å²) in [6.45, 7) is 4.32. The van der Waals surface area contributed by atoms with Gasteiger partial charge in [0, 0.05) is 12.6 Å². The number of aromatic amines is 1. The first kappa shape index (κ1) is 8.31. The first-order valence-electron chi connectivity index (χ1n) is 4.40. The average molecular weight is 152 g/mol. The highest BCUT2D eigenvalue weighted by molar-refractivity contribution is 5.00. The summed E-state index contributed by atoms with van der Waals surface area (Å²) in [6, 6.07) is 0. The summed E-state index contributed by atoms with van der Waals surface area (Å²) in [5, 5.41) is 0. The normalized spacial score (nSPS) is 10.4. The van der Waals surface area contributed by atoms with E-state index in [2.05, 4.69) is 23.8 Å². The number of hydrogen-bond donors (Lipinski definition) is 1. The monoisotopic (exact) mass is 152 g/mol. The van der Waals surface area contributed by atoms with E-state index in [1.54, 1.807) is 0 Å². The van der Waals surface area contributed by atoms with Crippen molar-refractivity contribution in [2.24, 2.45) is 0 Å². The van der Waals surface area contributed by atoms with Crippen molar-refractivity contribution in [2.75, 3.05) is 0 Å². The standard InChI is InChI=1S/C9H16N2/c1-3-5-6-8-7-10-9(4-2)11-8/h7H,3-6H2,1-2H3,(H,10,11). The van der Waals surface area contributed by atoms with Gasteiger partial charge in [0.15, 0.2) is 0 Å². The molecule has 1 aromatic heterocycles. The minimum atomic E-state index is 1.01. The van der Waals surface area contributed by atoms with Crippen LogP contribution in [-0.2, 0) is 12.8 Å². The second-order valence-electron chi connectivity index (χ2n) is 2.80. The van der Waals surface area contributed by atoms with Crippen LogP contribution in [0.2, 0.25) is 0 Å². The van der Waals surface area contributed by atoms with E-state index in [0.717, 1.165) is 18.7 Å². The van der Waals surface area contributed by atoms with Gasteiger partial charge in [0.25, 0.3) is 0 Å². The number of hydrogen-bond acceptors (Lipinski definition) is 1. The minimum Gasteiger partial charge on any atom is -0.348 e. The van der Waals surface area contributed by atoms with Crippen molar-refractivity contribution >= 4 is 0 Å². The number of nitrogens with zero attached hydrogens (tertiary/aromatic N) is 1. The quantitative estimate of drug-likeness (QED) is 0.704. The smallest absolute Gasteiger partial charge is 0.106 e. The molecule has 2 nitrogen and oxygen atoms in total. The van der Waals surface area contributed by atoms with E-state index in [1.165, 1.54) is 18.5 Å². The van der Waals surface area contributed by atoms with Gasteiger partial charge in [0.05, 0.1) is 5.69 Å². The predicted molar refractivity (Wildman–Crippen MR) is 46.6 cm³/mol. The fraction of sp³-hybridized carbons (Fsp3) is 0.667. The van der Waals surface area contributed by atoms with Crippen molar-refractivity contribution < 1.29 is 0 Å². The zero-order valence-corrected chi connectivity index (χ0v) is 7.35. The molecule has 1 N–H and O–H groups in total. The van der Waals surface area contributed by atoms with Crippen molar-refractivity contribution in [3.8, 4) is 0 Å². The molecular formula is C9H16N2. The minimum absolute atomic E-state index is 1.01. The largest absolute Gasteiger partial charge is 0.348 e. The molecular weight excluding hydrogens is 136 g/mol. The van der Waals surface area contributed by atoms with Crippen molar-refractivity contribution in [2.45, 2.75) is 39.5 Å². The van der Waals surface area contributed by atoms with E-state index >= 15 is 0 Å². The van der Waals surface area contributed by atoms with Crippen LogP contribution in [0.1, 0.15) is 38.2 Å². The first-order chi connectivity index (χ1) is 5.36. The molecule has 0 spiro atoms. The number of unbranched alkanes of at least 4 members (excludes halogenated alkanes) is 1. The van der Waals surface area contributed by atoms with E-state index in [-0.39, 0.29) is 0 Å². The summed E-state index contributed by atoms with van der Waals surface area (Å²) in [7, 11) is 0. The van der Waals surface area contributed by atoms with Crippen molar-refractivity contribution in [3.63, 3.8) is 0 Å². The molecule has 0 fully saturated rings. The summed E-state index contributed by atoms with van der Waals surface area (Å²) in [4.78, 5) is 7.56. The van der Waals surface area contributed by atoms with Gasteiger partial charge >= 0.3 is 0 Å². The lowest BCUT2D eigenvalue weighted by Crippen LogP contribution is -1.86. The van der Waals surface area contributed by atoms with Gasteiger partial charge < -0.3 is 4.98 Å². The molecule has 0 aliphatic rings. The van der Waals surface area contributed by atoms with Crippen LogP contribution in [0.25, 0.3) is 0 Å². The van der Waals surface area contributed by atoms with Gasteiger partial charge in [-0.15, -0.1) is 0 Å². The molecule has 0 saturated heterocycles. The number of imidazole rings is 1. The molecule has 0 aliphatic heterocycles. The molecule has 0 atom stereocenters. The Morgan fingerprint density at radius 2 is 2.27 bits per heavy atom. The van der Waals surface area contributed by atoms with E-state index in [1.807, 2.05) is 6.20 Å². The summed E-state index contributed by atoms with van der Waals surface area (Å²) in [5.74, 6) is 1.11. The molecule has 1 heterocycles. The third-order valence-corrected chi connectivity index (χ3v) is 1.81. The number of rotatable bonds is 4. The Kier molecular flexibility index (Phi) is 3.14. The SMILES string of the molecule is CCCCc1c[nH]c(CC)n1. The summed E-state index contributed by atoms with van der Waals surface area (Å²) >= 11 is 0. The lowest BCUT2D eigenvalue weighted by atomic mass is 10.2. The summed E-state index contributed by atoms with van der Waals surface area (Å²) < 4.78 is 0. The number of nitrogens with one attached hydrogen (secondary N) is 1. The van der Waals surface area contributed by atoms with Gasteiger partial charge in [-0.3, -0.25) is 0 Å². The fourth-order valence-electron chi connectivity index (χ4n) is 1.07. The zero-order valence-electron chi connectivity index (χ0n) is 7.35. The Bertz CT molecular complexity index is 203. The fourth-order valence-corrected chi connectivity index (χ4v) is 1.07. The molecule has 1 aromatic rings. The Morgan fingerprint density at radius 1 is 1.45 bits per heavy atom. The van der Waals surface area contributed by atoms with E-state index in [0.29, 0.717) is 0 Å². The highest BCUT2D eigenvalue weighted by Crippen LogP contribution is 2.02. The molecule has 0 aliphatic carbocycles. The van der Waals surface area contributed by atoms with Crippen molar-refractivity contribution in [1.82, 2.24) is 9.97 Å². The molecule has 0 unspecified atom stereocenters. The van der Waals surface area contributed by atoms with Crippen LogP contribution in [0.5, 0.6) is 0 Å². The average Bonchev–Trinajstić information content (AvgIpc) is 2.48. The van der Waals surface area contributed by atoms with Gasteiger partial charge in [-0.1, -0.05) is 20.3 Å². The maximum absolute atomic E-state index is 4.41. The van der Waals surface area contributed by atoms with Crippen LogP contribution in [0.15, 0.2) is 6.20 Å². The van der Waals surface area contributed by atoms with Crippen LogP contribution >= 0.6 is 0 Å². The molecule has 0 amide bonds. The summed E-state index contributed by atoms with van der Waals surface area (Å²) in [6.07, 6.45) is 6.63. The Labute approximate surface area is 68.0 Å². The Balaban J connectivity index is 2.44. The van der Waals surface area contributed by atoms with E-state index < -0.39 is 0 Å². The molecule has 0 radical (unpaired) electrons. The highest BCUT2D eigenvalue weighted by Gasteiger charge is 1.97. The lowest BCUT2D eigenvalue weighted by Gasteiger charge is -1.90. The van der Waals surface area contributed by atoms with Gasteiger partial charge in [-0.05, 0) is 12.8 Å². The highest BCUT2D eigenvalue weighted by atomic mass is 14.9. The van der Waals surface area contributed by atoms with Gasteiger partial charge in [0.1, 0.15) is 5.82 Å². The molecule has 0 bridgehead atoms. The Morgan fingerprint density at radius 3 is 2.82 bits per heavy atom. The van der Waals surface area contributed by atoms with Crippen LogP contribution in [0, 0.1) is 0 Å². The predicted octanol–water partition coefficient (Wildman–Crippen LogP) is 2.31. The van der Waals surface area contributed by atoms with Gasteiger partial charge in [-0.2, -0.15) is 0 Å². The molecule has 62 valence electrons. The third-order valence-electron chi connectivity index (χ3n) is 1.81. The van der Waals surface area contributed by atoms with E-state index in [9.17, 15) is 0 Å². The first-order valence-corrected chi connectivity index (χ1v) is 4.40. The number of H-pyrrole nitrogens is 1. The van der Waals surface area contributed by atoms with E-state index in [4.69, 9.17) is 0 Å². The molecule has 2 heteroatoms. The zero-order chi connectivity index (χ0) is 8.10. The Hall–Kier alpha value is -0.790. The van der Waals surface area contributed by atoms with Crippen molar-refractivity contribution in [3.05, 3.63) is 17.7 Å². The second kappa shape index (κ2) is 4.16. The van der Waals surface area contributed by atoms with Gasteiger partial charge in [0.2, 0.25) is 0 Å². The molecule has 11 heavy (non-hydrogen) atoms. The third kappa shape index (κ3) is 2.37. The summed E-state index contributed by atoms with van der Waals surface area (Å²) in [5.41, 5.74) is 1.21. The van der Waals surface area contributed by atoms with Crippen LogP contribution in [-0.4, -0.2) is 9.97 Å². The lowest BCUT2D eigenvalue weighted by molar-refractivity contribution is 0.777. The topological polar surface area (TPSA) is 28.7 Å². The molecule has 1 rings (SSSR count). The second-order valence-corrected chi connectivity index (χ2v) is 2.80. The maximum Gasteiger partial charge on any atom is 0.106 e. The van der Waals surface area contributed by atoms with Crippen LogP contribution in [0.3, 0.4) is 0 Å². The molecule has 0 saturated carbocycles. The van der Waals surface area contributed by atoms with Crippen LogP contribution < -0.4 is 0 Å². The number of aromatic nitrogens is 2. The van der Waals surface area contributed by atoms with Crippen molar-refractivity contribution in [1.29, 1.82) is 0 Å². The van der Waals surface area contributed by atoms with Crippen LogP contribution in [0.4, 0.5) is 0 Å². The maximum atomic E-state index is 4.41. The molecule has 0 aromatic carbocycles. The number of aryl methyl sites for hydroxylation is 2.